The number of nitrogens with two attached hydrogens (primary N) is 1. The number of benzene rings is 1. The number of rotatable bonds is 3. The smallest absolute Gasteiger partial charge is 0.252 e. The van der Waals surface area contributed by atoms with Gasteiger partial charge in [-0.2, -0.15) is 0 Å². The third-order valence-electron chi connectivity index (χ3n) is 8.47. The van der Waals surface area contributed by atoms with E-state index in [0.29, 0.717) is 30.8 Å². The third-order valence-corrected chi connectivity index (χ3v) is 8.47. The molecule has 150 valence electrons. The molecule has 2 bridgehead atoms. The Hall–Kier alpha value is -1.88. The second-order valence-corrected chi connectivity index (χ2v) is 9.57. The van der Waals surface area contributed by atoms with Crippen molar-refractivity contribution in [1.82, 2.24) is 4.90 Å². The molecule has 0 spiro atoms. The van der Waals surface area contributed by atoms with Gasteiger partial charge in [0.2, 0.25) is 0 Å². The molecule has 1 aromatic rings. The summed E-state index contributed by atoms with van der Waals surface area (Å²) >= 11 is 0. The number of Topliss-reactive ketones (excluding diaryl/α,β-unsaturated/α-hetero) is 1. The first kappa shape index (κ1) is 18.2. The summed E-state index contributed by atoms with van der Waals surface area (Å²) < 4.78 is 0. The van der Waals surface area contributed by atoms with Gasteiger partial charge in [0.15, 0.2) is 0 Å². The van der Waals surface area contributed by atoms with E-state index in [2.05, 4.69) is 11.8 Å². The number of hydrogen-bond donors (Lipinski definition) is 2. The Balaban J connectivity index is 1.62. The number of amides is 1. The Kier molecular flexibility index (Phi) is 4.10. The molecule has 2 saturated carbocycles. The molecule has 0 aromatic heterocycles. The lowest BCUT2D eigenvalue weighted by Crippen LogP contribution is -2.64. The average molecular weight is 383 g/mol. The first-order chi connectivity index (χ1) is 13.4. The van der Waals surface area contributed by atoms with Gasteiger partial charge in [0.1, 0.15) is 11.5 Å². The molecule has 5 rings (SSSR count). The molecule has 1 amide bonds. The maximum Gasteiger partial charge on any atom is 0.252 e. The number of carbonyl (C=O) groups excluding carboxylic acids is 2. The van der Waals surface area contributed by atoms with Gasteiger partial charge < -0.3 is 10.8 Å². The number of ketones is 1. The standard InChI is InChI=1S/C23H30N2O3/c1-13(14-3-2-4-14)25-10-9-23-12-16(26)6-8-18(23)19(25)11-15-5-7-17(22(24)28)21(27)20(15)23/h5,7,13-14,18-19,27H,2-4,6,8-12H2,1H3,(H2,24,28)/t13-,18-,19+,23?/m0/s1. The number of likely N-dealkylation sites (tertiary alicyclic amines) is 1. The van der Waals surface area contributed by atoms with Crippen molar-refractivity contribution >= 4 is 11.7 Å². The predicted octanol–water partition coefficient (Wildman–Crippen LogP) is 2.92. The second-order valence-electron chi connectivity index (χ2n) is 9.57. The van der Waals surface area contributed by atoms with Crippen LogP contribution in [0.4, 0.5) is 0 Å². The summed E-state index contributed by atoms with van der Waals surface area (Å²) in [5.41, 5.74) is 7.32. The summed E-state index contributed by atoms with van der Waals surface area (Å²) in [5, 5.41) is 11.0. The summed E-state index contributed by atoms with van der Waals surface area (Å²) in [6, 6.07) is 4.63. The summed E-state index contributed by atoms with van der Waals surface area (Å²) in [6.45, 7) is 3.35. The number of aromatic hydroxyl groups is 1. The lowest BCUT2D eigenvalue weighted by molar-refractivity contribution is -0.128. The Bertz CT molecular complexity index is 846. The minimum atomic E-state index is -0.603. The SMILES string of the molecule is C[C@@H](C1CCC1)N1CCC23CC(=O)CC[C@H]2[C@H]1Cc1ccc(C(N)=O)c(O)c13. The molecule has 1 aliphatic heterocycles. The van der Waals surface area contributed by atoms with Crippen molar-refractivity contribution in [3.8, 4) is 5.75 Å². The van der Waals surface area contributed by atoms with E-state index in [4.69, 9.17) is 5.73 Å². The Morgan fingerprint density at radius 1 is 1.32 bits per heavy atom. The molecular weight excluding hydrogens is 352 g/mol. The first-order valence-electron chi connectivity index (χ1n) is 10.8. The quantitative estimate of drug-likeness (QED) is 0.842. The van der Waals surface area contributed by atoms with Crippen molar-refractivity contribution in [3.63, 3.8) is 0 Å². The van der Waals surface area contributed by atoms with Crippen LogP contribution in [0.1, 0.15) is 73.4 Å². The lowest BCUT2D eigenvalue weighted by atomic mass is 9.51. The van der Waals surface area contributed by atoms with Crippen molar-refractivity contribution < 1.29 is 14.7 Å². The minimum Gasteiger partial charge on any atom is -0.507 e. The van der Waals surface area contributed by atoms with Crippen LogP contribution in [0.5, 0.6) is 5.75 Å². The van der Waals surface area contributed by atoms with Gasteiger partial charge in [-0.3, -0.25) is 14.5 Å². The number of phenols is 1. The number of hydrogen-bond acceptors (Lipinski definition) is 4. The van der Waals surface area contributed by atoms with E-state index in [9.17, 15) is 14.7 Å². The van der Waals surface area contributed by atoms with Crippen LogP contribution < -0.4 is 5.73 Å². The van der Waals surface area contributed by atoms with Gasteiger partial charge in [0, 0.05) is 35.9 Å². The predicted molar refractivity (Wildman–Crippen MR) is 106 cm³/mol. The molecule has 3 N–H and O–H groups in total. The van der Waals surface area contributed by atoms with E-state index in [1.807, 2.05) is 6.07 Å². The highest BCUT2D eigenvalue weighted by Gasteiger charge is 2.57. The van der Waals surface area contributed by atoms with Crippen LogP contribution in [0, 0.1) is 11.8 Å². The van der Waals surface area contributed by atoms with Crippen molar-refractivity contribution in [2.24, 2.45) is 17.6 Å². The summed E-state index contributed by atoms with van der Waals surface area (Å²) in [6.07, 6.45) is 7.79. The lowest BCUT2D eigenvalue weighted by Gasteiger charge is -2.60. The van der Waals surface area contributed by atoms with E-state index >= 15 is 0 Å². The van der Waals surface area contributed by atoms with Crippen LogP contribution in [0.25, 0.3) is 0 Å². The second kappa shape index (κ2) is 6.31. The fourth-order valence-corrected chi connectivity index (χ4v) is 6.86. The normalized spacial score (nSPS) is 33.5. The third kappa shape index (κ3) is 2.41. The summed E-state index contributed by atoms with van der Waals surface area (Å²) in [5.74, 6) is 0.872. The van der Waals surface area contributed by atoms with Gasteiger partial charge in [-0.15, -0.1) is 0 Å². The van der Waals surface area contributed by atoms with Crippen molar-refractivity contribution in [2.45, 2.75) is 75.8 Å². The molecule has 4 atom stereocenters. The molecule has 5 heteroatoms. The highest BCUT2D eigenvalue weighted by molar-refractivity contribution is 5.96. The minimum absolute atomic E-state index is 0.0311. The number of fused-ring (bicyclic) bond motifs is 1. The average Bonchev–Trinajstić information content (AvgIpc) is 2.59. The monoisotopic (exact) mass is 382 g/mol. The highest BCUT2D eigenvalue weighted by atomic mass is 16.3. The topological polar surface area (TPSA) is 83.6 Å². The van der Waals surface area contributed by atoms with E-state index in [-0.39, 0.29) is 22.5 Å². The molecule has 3 aliphatic carbocycles. The van der Waals surface area contributed by atoms with Gasteiger partial charge in [0.05, 0.1) is 5.56 Å². The fraction of sp³-hybridized carbons (Fsp3) is 0.652. The molecule has 28 heavy (non-hydrogen) atoms. The van der Waals surface area contributed by atoms with Gasteiger partial charge in [-0.25, -0.2) is 0 Å². The zero-order valence-electron chi connectivity index (χ0n) is 16.6. The number of primary amides is 1. The molecule has 0 radical (unpaired) electrons. The Morgan fingerprint density at radius 2 is 2.11 bits per heavy atom. The Morgan fingerprint density at radius 3 is 2.79 bits per heavy atom. The number of piperidine rings is 1. The van der Waals surface area contributed by atoms with Gasteiger partial charge in [-0.1, -0.05) is 12.5 Å². The van der Waals surface area contributed by atoms with Crippen LogP contribution >= 0.6 is 0 Å². The Labute approximate surface area is 166 Å². The van der Waals surface area contributed by atoms with E-state index in [0.717, 1.165) is 42.9 Å². The molecule has 4 aliphatic rings. The van der Waals surface area contributed by atoms with Crippen molar-refractivity contribution in [2.75, 3.05) is 6.54 Å². The van der Waals surface area contributed by atoms with Gasteiger partial charge >= 0.3 is 0 Å². The molecular formula is C23H30N2O3. The maximum atomic E-state index is 12.5. The number of nitrogens with zero attached hydrogens (tertiary/aromatic N) is 1. The van der Waals surface area contributed by atoms with Crippen molar-refractivity contribution in [3.05, 3.63) is 28.8 Å². The van der Waals surface area contributed by atoms with Crippen LogP contribution in [-0.4, -0.2) is 40.3 Å². The molecule has 1 aromatic carbocycles. The van der Waals surface area contributed by atoms with Gasteiger partial charge in [0.25, 0.3) is 5.91 Å². The van der Waals surface area contributed by atoms with Crippen LogP contribution in [0.3, 0.4) is 0 Å². The number of carbonyl (C=O) groups is 2. The zero-order valence-corrected chi connectivity index (χ0v) is 16.6. The molecule has 3 fully saturated rings. The molecule has 1 unspecified atom stereocenters. The van der Waals surface area contributed by atoms with Crippen molar-refractivity contribution in [1.29, 1.82) is 0 Å². The fourth-order valence-electron chi connectivity index (χ4n) is 6.86. The molecule has 5 nitrogen and oxygen atoms in total. The van der Waals surface area contributed by atoms with E-state index in [1.165, 1.54) is 19.3 Å². The van der Waals surface area contributed by atoms with E-state index in [1.54, 1.807) is 6.07 Å². The maximum absolute atomic E-state index is 12.5. The van der Waals surface area contributed by atoms with Crippen LogP contribution in [0.15, 0.2) is 12.1 Å². The van der Waals surface area contributed by atoms with Crippen LogP contribution in [0.2, 0.25) is 0 Å². The summed E-state index contributed by atoms with van der Waals surface area (Å²) in [7, 11) is 0. The van der Waals surface area contributed by atoms with E-state index < -0.39 is 5.91 Å². The molecule has 1 saturated heterocycles. The molecule has 1 heterocycles. The largest absolute Gasteiger partial charge is 0.507 e. The highest BCUT2D eigenvalue weighted by Crippen LogP contribution is 2.58. The first-order valence-corrected chi connectivity index (χ1v) is 10.8. The van der Waals surface area contributed by atoms with Gasteiger partial charge in [-0.05, 0) is 69.0 Å². The zero-order chi connectivity index (χ0) is 19.6. The summed E-state index contributed by atoms with van der Waals surface area (Å²) in [4.78, 5) is 27.1. The van der Waals surface area contributed by atoms with Crippen LogP contribution in [-0.2, 0) is 16.6 Å².